The van der Waals surface area contributed by atoms with E-state index in [0.717, 1.165) is 55.6 Å². The van der Waals surface area contributed by atoms with Gasteiger partial charge in [-0.15, -0.1) is 6.42 Å². The van der Waals surface area contributed by atoms with E-state index >= 15 is 0 Å². The molecule has 0 bridgehead atoms. The average molecular weight is 558 g/mol. The van der Waals surface area contributed by atoms with Crippen LogP contribution in [0.5, 0.6) is 11.5 Å². The van der Waals surface area contributed by atoms with E-state index in [0.29, 0.717) is 22.8 Å². The minimum atomic E-state index is -0.0130. The molecule has 42 heavy (non-hydrogen) atoms. The summed E-state index contributed by atoms with van der Waals surface area (Å²) in [6, 6.07) is 32.6. The molecular weight excluding hydrogens is 522 g/mol. The normalized spacial score (nSPS) is 13.3. The summed E-state index contributed by atoms with van der Waals surface area (Å²) in [6.07, 6.45) is 9.33. The van der Waals surface area contributed by atoms with Crippen molar-refractivity contribution in [3.8, 4) is 35.0 Å². The third-order valence-corrected chi connectivity index (χ3v) is 7.76. The number of rotatable bonds is 11. The number of hydrogen-bond donors (Lipinski definition) is 0. The molecule has 212 valence electrons. The van der Waals surface area contributed by atoms with E-state index in [1.807, 2.05) is 95.9 Å². The summed E-state index contributed by atoms with van der Waals surface area (Å²) in [4.78, 5) is 27.7. The van der Waals surface area contributed by atoms with E-state index in [1.54, 1.807) is 0 Å². The monoisotopic (exact) mass is 557 g/mol. The van der Waals surface area contributed by atoms with Gasteiger partial charge < -0.3 is 14.4 Å². The topological polar surface area (TPSA) is 55.8 Å². The summed E-state index contributed by atoms with van der Waals surface area (Å²) in [5.41, 5.74) is 4.35. The van der Waals surface area contributed by atoms with E-state index in [2.05, 4.69) is 18.1 Å². The molecule has 0 spiro atoms. The van der Waals surface area contributed by atoms with Crippen LogP contribution in [0.4, 0.5) is 0 Å². The second-order valence-corrected chi connectivity index (χ2v) is 10.6. The van der Waals surface area contributed by atoms with Gasteiger partial charge in [-0.05, 0) is 60.9 Å². The van der Waals surface area contributed by atoms with E-state index in [-0.39, 0.29) is 24.9 Å². The van der Waals surface area contributed by atoms with Gasteiger partial charge in [0.15, 0.2) is 12.4 Å². The number of amides is 1. The molecule has 0 unspecified atom stereocenters. The predicted octanol–water partition coefficient (Wildman–Crippen LogP) is 6.85. The number of ether oxygens (including phenoxy) is 2. The number of aryl methyl sites for hydroxylation is 1. The van der Waals surface area contributed by atoms with Crippen LogP contribution in [-0.4, -0.2) is 42.9 Å². The molecule has 4 aromatic carbocycles. The molecule has 1 amide bonds. The number of hydrogen-bond acceptors (Lipinski definition) is 4. The first-order chi connectivity index (χ1) is 20.6. The smallest absolute Gasteiger partial charge is 0.260 e. The van der Waals surface area contributed by atoms with Crippen LogP contribution in [0.25, 0.3) is 11.1 Å². The van der Waals surface area contributed by atoms with Crippen LogP contribution in [0.15, 0.2) is 103 Å². The quantitative estimate of drug-likeness (QED) is 0.150. The molecule has 0 aromatic heterocycles. The number of piperidine rings is 1. The summed E-state index contributed by atoms with van der Waals surface area (Å²) in [5, 5.41) is 0. The highest BCUT2D eigenvalue weighted by Crippen LogP contribution is 2.31. The number of para-hydroxylation sites is 1. The molecule has 1 fully saturated rings. The lowest BCUT2D eigenvalue weighted by molar-refractivity contribution is -0.134. The van der Waals surface area contributed by atoms with E-state index in [1.165, 1.54) is 5.56 Å². The van der Waals surface area contributed by atoms with Crippen molar-refractivity contribution in [1.82, 2.24) is 4.90 Å². The Morgan fingerprint density at radius 1 is 0.810 bits per heavy atom. The van der Waals surface area contributed by atoms with E-state index < -0.39 is 0 Å². The van der Waals surface area contributed by atoms with Crippen molar-refractivity contribution in [3.63, 3.8) is 0 Å². The number of carbonyl (C=O) groups is 2. The van der Waals surface area contributed by atoms with Crippen LogP contribution < -0.4 is 9.47 Å². The second-order valence-electron chi connectivity index (χ2n) is 10.6. The fourth-order valence-corrected chi connectivity index (χ4v) is 5.38. The van der Waals surface area contributed by atoms with Crippen LogP contribution in [0, 0.1) is 18.3 Å². The maximum Gasteiger partial charge on any atom is 0.260 e. The molecule has 0 saturated carbocycles. The minimum Gasteiger partial charge on any atom is -0.483 e. The molecule has 1 saturated heterocycles. The first-order valence-electron chi connectivity index (χ1n) is 14.5. The number of carbonyl (C=O) groups excluding carboxylic acids is 2. The zero-order valence-corrected chi connectivity index (χ0v) is 23.7. The van der Waals surface area contributed by atoms with Crippen molar-refractivity contribution in [3.05, 3.63) is 120 Å². The highest BCUT2D eigenvalue weighted by Gasteiger charge is 2.23. The fraction of sp³-hybridized carbons (Fsp3) is 0.243. The molecule has 1 aliphatic rings. The van der Waals surface area contributed by atoms with Gasteiger partial charge in [0.05, 0.1) is 0 Å². The summed E-state index contributed by atoms with van der Waals surface area (Å²) >= 11 is 0. The van der Waals surface area contributed by atoms with Gasteiger partial charge in [0.25, 0.3) is 5.91 Å². The van der Waals surface area contributed by atoms with Gasteiger partial charge in [0.2, 0.25) is 0 Å². The number of nitrogens with zero attached hydrogens (tertiary/aromatic N) is 1. The Labute approximate surface area is 248 Å². The van der Waals surface area contributed by atoms with Crippen LogP contribution in [-0.2, 0) is 11.2 Å². The van der Waals surface area contributed by atoms with Crippen LogP contribution in [0.1, 0.15) is 40.7 Å². The molecule has 5 rings (SSSR count). The van der Waals surface area contributed by atoms with Gasteiger partial charge in [0, 0.05) is 29.8 Å². The molecule has 5 heteroatoms. The highest BCUT2D eigenvalue weighted by atomic mass is 16.5. The maximum atomic E-state index is 13.0. The molecule has 0 N–H and O–H groups in total. The van der Waals surface area contributed by atoms with Gasteiger partial charge in [-0.3, -0.25) is 9.59 Å². The van der Waals surface area contributed by atoms with Crippen LogP contribution in [0.2, 0.25) is 0 Å². The minimum absolute atomic E-state index is 0.00327. The Bertz CT molecular complexity index is 1530. The lowest BCUT2D eigenvalue weighted by atomic mass is 9.90. The number of benzene rings is 4. The predicted molar refractivity (Wildman–Crippen MR) is 166 cm³/mol. The summed E-state index contributed by atoms with van der Waals surface area (Å²) in [6.45, 7) is 1.76. The Kier molecular flexibility index (Phi) is 9.69. The maximum absolute atomic E-state index is 13.0. The molecule has 1 heterocycles. The van der Waals surface area contributed by atoms with Gasteiger partial charge in [0.1, 0.15) is 18.1 Å². The molecule has 0 atom stereocenters. The third-order valence-electron chi connectivity index (χ3n) is 7.76. The largest absolute Gasteiger partial charge is 0.483 e. The Hall–Kier alpha value is -4.82. The van der Waals surface area contributed by atoms with Gasteiger partial charge in [-0.2, -0.15) is 0 Å². The number of terminal acetylenes is 1. The van der Waals surface area contributed by atoms with Crippen molar-refractivity contribution in [2.24, 2.45) is 5.92 Å². The van der Waals surface area contributed by atoms with Crippen molar-refractivity contribution in [2.75, 3.05) is 26.3 Å². The first kappa shape index (κ1) is 28.7. The zero-order valence-electron chi connectivity index (χ0n) is 23.7. The number of likely N-dealkylation sites (tertiary alicyclic amines) is 1. The third kappa shape index (κ3) is 7.47. The molecule has 5 nitrogen and oxygen atoms in total. The highest BCUT2D eigenvalue weighted by molar-refractivity contribution is 6.09. The Morgan fingerprint density at radius 3 is 2.29 bits per heavy atom. The number of ketones is 1. The Balaban J connectivity index is 1.11. The van der Waals surface area contributed by atoms with Crippen LogP contribution >= 0.6 is 0 Å². The van der Waals surface area contributed by atoms with Crippen molar-refractivity contribution < 1.29 is 19.1 Å². The van der Waals surface area contributed by atoms with Crippen molar-refractivity contribution in [2.45, 2.75) is 25.7 Å². The van der Waals surface area contributed by atoms with Crippen LogP contribution in [0.3, 0.4) is 0 Å². The lowest BCUT2D eigenvalue weighted by Gasteiger charge is -2.32. The Morgan fingerprint density at radius 2 is 1.52 bits per heavy atom. The van der Waals surface area contributed by atoms with E-state index in [4.69, 9.17) is 15.9 Å². The average Bonchev–Trinajstić information content (AvgIpc) is 3.06. The second kappa shape index (κ2) is 14.2. The van der Waals surface area contributed by atoms with Gasteiger partial charge in [-0.25, -0.2) is 0 Å². The van der Waals surface area contributed by atoms with Gasteiger partial charge >= 0.3 is 0 Å². The molecular formula is C37H35NO4. The first-order valence-corrected chi connectivity index (χ1v) is 14.5. The van der Waals surface area contributed by atoms with Crippen molar-refractivity contribution >= 4 is 11.7 Å². The molecule has 4 aromatic rings. The lowest BCUT2D eigenvalue weighted by Crippen LogP contribution is -2.41. The zero-order chi connectivity index (χ0) is 29.1. The van der Waals surface area contributed by atoms with E-state index in [9.17, 15) is 9.59 Å². The van der Waals surface area contributed by atoms with Gasteiger partial charge in [-0.1, -0.05) is 90.8 Å². The molecule has 1 aliphatic heterocycles. The SMILES string of the molecule is C#CCOc1cccc(CCC2CCN(C(=O)COc3ccccc3-c3ccc(C(=O)c4ccccc4)cc3)CC2)c1. The summed E-state index contributed by atoms with van der Waals surface area (Å²) in [7, 11) is 0. The fourth-order valence-electron chi connectivity index (χ4n) is 5.38. The standard InChI is InChI=1S/C37H35NO4/c1-2-25-41-33-12-8-9-29(26-33)16-15-28-21-23-38(24-22-28)36(39)27-42-35-14-7-6-13-34(35)30-17-19-32(20-18-30)37(40)31-10-4-3-5-11-31/h1,3-14,17-20,26,28H,15-16,21-25,27H2. The van der Waals surface area contributed by atoms with Crippen molar-refractivity contribution in [1.29, 1.82) is 0 Å². The molecule has 0 aliphatic carbocycles. The summed E-state index contributed by atoms with van der Waals surface area (Å²) in [5.74, 6) is 4.53. The summed E-state index contributed by atoms with van der Waals surface area (Å²) < 4.78 is 11.6. The molecule has 0 radical (unpaired) electrons.